The van der Waals surface area contributed by atoms with Gasteiger partial charge in [-0.25, -0.2) is 0 Å². The number of furan rings is 1. The Labute approximate surface area is 109 Å². The number of carbonyl (C=O) groups excluding carboxylic acids is 1. The van der Waals surface area contributed by atoms with E-state index in [2.05, 4.69) is 0 Å². The van der Waals surface area contributed by atoms with Crippen LogP contribution in [0, 0.1) is 20.8 Å². The van der Waals surface area contributed by atoms with Crippen molar-refractivity contribution in [3.63, 3.8) is 0 Å². The summed E-state index contributed by atoms with van der Waals surface area (Å²) in [6.45, 7) is 6.55. The van der Waals surface area contributed by atoms with E-state index in [4.69, 9.17) is 9.52 Å². The number of hydrogen-bond acceptors (Lipinski definition) is 3. The van der Waals surface area contributed by atoms with Gasteiger partial charge < -0.3 is 14.4 Å². The Morgan fingerprint density at radius 2 is 1.83 bits per heavy atom. The van der Waals surface area contributed by atoms with Crippen molar-refractivity contribution in [3.8, 4) is 0 Å². The quantitative estimate of drug-likeness (QED) is 0.792. The smallest absolute Gasteiger partial charge is 0.257 e. The highest BCUT2D eigenvalue weighted by molar-refractivity contribution is 5.96. The lowest BCUT2D eigenvalue weighted by Gasteiger charge is -2.17. The SMILES string of the molecule is Cc1oc(C)c(C(=O)N(C)CCCCCO)c1C. The number of aryl methyl sites for hydroxylation is 2. The standard InChI is InChI=1S/C14H23NO3/c1-10-11(2)18-12(3)13(10)14(17)15(4)8-6-5-7-9-16/h16H,5-9H2,1-4H3. The van der Waals surface area contributed by atoms with Crippen LogP contribution < -0.4 is 0 Å². The summed E-state index contributed by atoms with van der Waals surface area (Å²) in [5, 5.41) is 8.70. The van der Waals surface area contributed by atoms with Crippen molar-refractivity contribution in [1.82, 2.24) is 4.90 Å². The highest BCUT2D eigenvalue weighted by atomic mass is 16.3. The van der Waals surface area contributed by atoms with Gasteiger partial charge in [-0.3, -0.25) is 4.79 Å². The molecule has 1 amide bonds. The molecule has 0 aliphatic carbocycles. The maximum absolute atomic E-state index is 12.3. The van der Waals surface area contributed by atoms with E-state index in [1.165, 1.54) is 0 Å². The topological polar surface area (TPSA) is 53.7 Å². The van der Waals surface area contributed by atoms with Crippen LogP contribution in [0.4, 0.5) is 0 Å². The number of unbranched alkanes of at least 4 members (excludes halogenated alkanes) is 2. The maximum Gasteiger partial charge on any atom is 0.257 e. The summed E-state index contributed by atoms with van der Waals surface area (Å²) >= 11 is 0. The number of carbonyl (C=O) groups is 1. The number of rotatable bonds is 6. The fourth-order valence-corrected chi connectivity index (χ4v) is 2.04. The molecule has 0 aromatic carbocycles. The predicted octanol–water partition coefficient (Wildman–Crippen LogP) is 2.44. The lowest BCUT2D eigenvalue weighted by molar-refractivity contribution is 0.0790. The molecule has 1 N–H and O–H groups in total. The van der Waals surface area contributed by atoms with Gasteiger partial charge in [-0.05, 0) is 40.0 Å². The summed E-state index contributed by atoms with van der Waals surface area (Å²) < 4.78 is 5.48. The van der Waals surface area contributed by atoms with Gasteiger partial charge in [0.15, 0.2) is 0 Å². The van der Waals surface area contributed by atoms with Crippen LogP contribution >= 0.6 is 0 Å². The first kappa shape index (κ1) is 14.8. The zero-order chi connectivity index (χ0) is 13.7. The Morgan fingerprint density at radius 3 is 2.33 bits per heavy atom. The molecule has 0 bridgehead atoms. The summed E-state index contributed by atoms with van der Waals surface area (Å²) in [5.74, 6) is 1.52. The summed E-state index contributed by atoms with van der Waals surface area (Å²) in [6.07, 6.45) is 2.65. The number of amides is 1. The molecule has 1 heterocycles. The molecule has 0 spiro atoms. The first-order chi connectivity index (χ1) is 8.49. The largest absolute Gasteiger partial charge is 0.466 e. The van der Waals surface area contributed by atoms with Crippen LogP contribution in [-0.2, 0) is 0 Å². The number of aliphatic hydroxyl groups excluding tert-OH is 1. The zero-order valence-corrected chi connectivity index (χ0v) is 11.7. The van der Waals surface area contributed by atoms with Gasteiger partial charge in [-0.15, -0.1) is 0 Å². The number of hydrogen-bond donors (Lipinski definition) is 1. The van der Waals surface area contributed by atoms with Crippen LogP contribution in [0.15, 0.2) is 4.42 Å². The van der Waals surface area contributed by atoms with E-state index in [1.807, 2.05) is 27.8 Å². The molecule has 18 heavy (non-hydrogen) atoms. The van der Waals surface area contributed by atoms with Gasteiger partial charge in [0, 0.05) is 25.8 Å². The third kappa shape index (κ3) is 3.35. The second kappa shape index (κ2) is 6.59. The van der Waals surface area contributed by atoms with E-state index in [0.29, 0.717) is 17.9 Å². The molecule has 1 rings (SSSR count). The molecule has 1 aromatic heterocycles. The molecule has 0 atom stereocenters. The minimum atomic E-state index is 0.0193. The van der Waals surface area contributed by atoms with Crippen molar-refractivity contribution in [2.24, 2.45) is 0 Å². The predicted molar refractivity (Wildman–Crippen MR) is 70.8 cm³/mol. The normalized spacial score (nSPS) is 10.7. The number of aliphatic hydroxyl groups is 1. The fraction of sp³-hybridized carbons (Fsp3) is 0.643. The Bertz CT molecular complexity index is 409. The summed E-state index contributed by atoms with van der Waals surface area (Å²) in [5.41, 5.74) is 1.62. The average Bonchev–Trinajstić information content (AvgIpc) is 2.58. The van der Waals surface area contributed by atoms with E-state index >= 15 is 0 Å². The van der Waals surface area contributed by atoms with Crippen molar-refractivity contribution < 1.29 is 14.3 Å². The van der Waals surface area contributed by atoms with E-state index in [0.717, 1.165) is 30.6 Å². The lowest BCUT2D eigenvalue weighted by Crippen LogP contribution is -2.28. The van der Waals surface area contributed by atoms with Crippen molar-refractivity contribution >= 4 is 5.91 Å². The molecule has 1 aromatic rings. The average molecular weight is 253 g/mol. The Kier molecular flexibility index (Phi) is 5.41. The van der Waals surface area contributed by atoms with Gasteiger partial charge in [-0.2, -0.15) is 0 Å². The molecule has 0 aliphatic heterocycles. The minimum absolute atomic E-state index is 0.0193. The second-order valence-electron chi connectivity index (χ2n) is 4.73. The fourth-order valence-electron chi connectivity index (χ4n) is 2.04. The second-order valence-corrected chi connectivity index (χ2v) is 4.73. The maximum atomic E-state index is 12.3. The highest BCUT2D eigenvalue weighted by Gasteiger charge is 2.21. The molecular formula is C14H23NO3. The third-order valence-electron chi connectivity index (χ3n) is 3.27. The van der Waals surface area contributed by atoms with Crippen LogP contribution in [0.2, 0.25) is 0 Å². The molecule has 0 unspecified atom stereocenters. The van der Waals surface area contributed by atoms with Crippen LogP contribution in [0.3, 0.4) is 0 Å². The van der Waals surface area contributed by atoms with Crippen LogP contribution in [0.25, 0.3) is 0 Å². The molecule has 0 saturated heterocycles. The van der Waals surface area contributed by atoms with E-state index in [9.17, 15) is 4.79 Å². The molecule has 102 valence electrons. The van der Waals surface area contributed by atoms with Gasteiger partial charge in [0.1, 0.15) is 11.5 Å². The Balaban J connectivity index is 2.63. The van der Waals surface area contributed by atoms with Crippen molar-refractivity contribution in [2.45, 2.75) is 40.0 Å². The van der Waals surface area contributed by atoms with Gasteiger partial charge in [0.25, 0.3) is 5.91 Å². The van der Waals surface area contributed by atoms with Crippen molar-refractivity contribution in [3.05, 3.63) is 22.6 Å². The van der Waals surface area contributed by atoms with Gasteiger partial charge in [-0.1, -0.05) is 0 Å². The first-order valence-electron chi connectivity index (χ1n) is 6.42. The molecule has 0 aliphatic rings. The molecule has 4 nitrogen and oxygen atoms in total. The van der Waals surface area contributed by atoms with Gasteiger partial charge in [0.2, 0.25) is 0 Å². The molecular weight excluding hydrogens is 230 g/mol. The highest BCUT2D eigenvalue weighted by Crippen LogP contribution is 2.22. The molecule has 0 radical (unpaired) electrons. The summed E-state index contributed by atoms with van der Waals surface area (Å²) in [4.78, 5) is 14.0. The first-order valence-corrected chi connectivity index (χ1v) is 6.42. The number of nitrogens with zero attached hydrogens (tertiary/aromatic N) is 1. The van der Waals surface area contributed by atoms with Crippen molar-refractivity contribution in [1.29, 1.82) is 0 Å². The van der Waals surface area contributed by atoms with Gasteiger partial charge >= 0.3 is 0 Å². The van der Waals surface area contributed by atoms with Gasteiger partial charge in [0.05, 0.1) is 5.56 Å². The van der Waals surface area contributed by atoms with E-state index in [-0.39, 0.29) is 12.5 Å². The van der Waals surface area contributed by atoms with Crippen molar-refractivity contribution in [2.75, 3.05) is 20.2 Å². The molecule has 0 fully saturated rings. The van der Waals surface area contributed by atoms with Crippen LogP contribution in [0.1, 0.15) is 46.7 Å². The van der Waals surface area contributed by atoms with Crippen LogP contribution in [-0.4, -0.2) is 36.1 Å². The van der Waals surface area contributed by atoms with E-state index < -0.39 is 0 Å². The zero-order valence-electron chi connectivity index (χ0n) is 11.7. The molecule has 0 saturated carbocycles. The Hall–Kier alpha value is -1.29. The monoisotopic (exact) mass is 253 g/mol. The van der Waals surface area contributed by atoms with E-state index in [1.54, 1.807) is 4.90 Å². The Morgan fingerprint density at radius 1 is 1.17 bits per heavy atom. The summed E-state index contributed by atoms with van der Waals surface area (Å²) in [6, 6.07) is 0. The minimum Gasteiger partial charge on any atom is -0.466 e. The third-order valence-corrected chi connectivity index (χ3v) is 3.27. The van der Waals surface area contributed by atoms with Crippen LogP contribution in [0.5, 0.6) is 0 Å². The summed E-state index contributed by atoms with van der Waals surface area (Å²) in [7, 11) is 1.81. The molecule has 4 heteroatoms. The lowest BCUT2D eigenvalue weighted by atomic mass is 10.1.